The summed E-state index contributed by atoms with van der Waals surface area (Å²) in [6.07, 6.45) is 6.79. The summed E-state index contributed by atoms with van der Waals surface area (Å²) in [4.78, 5) is 24.8. The zero-order valence-electron chi connectivity index (χ0n) is 18.9. The van der Waals surface area contributed by atoms with Crippen LogP contribution in [0.2, 0.25) is 0 Å². The lowest BCUT2D eigenvalue weighted by Crippen LogP contribution is -2.36. The van der Waals surface area contributed by atoms with Gasteiger partial charge in [-0.05, 0) is 61.2 Å². The quantitative estimate of drug-likeness (QED) is 0.514. The number of hydrogen-bond donors (Lipinski definition) is 0. The normalized spacial score (nSPS) is 33.7. The third kappa shape index (κ3) is 6.77. The van der Waals surface area contributed by atoms with Gasteiger partial charge in [-0.15, -0.1) is 0 Å². The first-order valence-electron chi connectivity index (χ1n) is 11.6. The molecule has 0 bridgehead atoms. The summed E-state index contributed by atoms with van der Waals surface area (Å²) in [7, 11) is 0. The SMILES string of the molecule is CC(C)[C@H]1CC[C@H](C)C[C@@H]1OC(=O)CCC(=O)O[C@@H]1C[C@H](C)CC[C@@H]1C(C)C. The van der Waals surface area contributed by atoms with Gasteiger partial charge in [-0.1, -0.05) is 54.4 Å². The van der Waals surface area contributed by atoms with Crippen LogP contribution in [-0.4, -0.2) is 24.1 Å². The van der Waals surface area contributed by atoms with Crippen molar-refractivity contribution in [1.82, 2.24) is 0 Å². The molecule has 0 aromatic rings. The summed E-state index contributed by atoms with van der Waals surface area (Å²) in [5, 5.41) is 0. The summed E-state index contributed by atoms with van der Waals surface area (Å²) in [5.41, 5.74) is 0. The van der Waals surface area contributed by atoms with Crippen LogP contribution in [0.5, 0.6) is 0 Å². The Bertz CT molecular complexity index is 467. The number of carbonyl (C=O) groups is 2. The van der Waals surface area contributed by atoms with Gasteiger partial charge < -0.3 is 9.47 Å². The molecule has 2 fully saturated rings. The van der Waals surface area contributed by atoms with Gasteiger partial charge in [0.25, 0.3) is 0 Å². The molecule has 0 heterocycles. The lowest BCUT2D eigenvalue weighted by Gasteiger charge is -2.37. The summed E-state index contributed by atoms with van der Waals surface area (Å²) in [5.74, 6) is 2.58. The van der Waals surface area contributed by atoms with Crippen LogP contribution in [0, 0.1) is 35.5 Å². The molecule has 0 aliphatic heterocycles. The first kappa shape index (κ1) is 23.2. The van der Waals surface area contributed by atoms with Crippen LogP contribution in [0.4, 0.5) is 0 Å². The van der Waals surface area contributed by atoms with Crippen LogP contribution in [0.15, 0.2) is 0 Å². The summed E-state index contributed by atoms with van der Waals surface area (Å²) >= 11 is 0. The Morgan fingerprint density at radius 1 is 0.714 bits per heavy atom. The average Bonchev–Trinajstić information content (AvgIpc) is 2.59. The number of ether oxygens (including phenoxy) is 2. The minimum Gasteiger partial charge on any atom is -0.462 e. The third-order valence-electron chi connectivity index (χ3n) is 7.02. The second-order valence-corrected chi connectivity index (χ2v) is 10.2. The molecule has 0 radical (unpaired) electrons. The second kappa shape index (κ2) is 10.6. The fourth-order valence-corrected chi connectivity index (χ4v) is 5.16. The van der Waals surface area contributed by atoms with E-state index in [0.717, 1.165) is 25.7 Å². The summed E-state index contributed by atoms with van der Waals surface area (Å²) < 4.78 is 11.6. The zero-order chi connectivity index (χ0) is 20.8. The van der Waals surface area contributed by atoms with Gasteiger partial charge in [0, 0.05) is 0 Å². The molecule has 0 saturated heterocycles. The van der Waals surface area contributed by atoms with Gasteiger partial charge in [-0.2, -0.15) is 0 Å². The highest BCUT2D eigenvalue weighted by atomic mass is 16.6. The van der Waals surface area contributed by atoms with Gasteiger partial charge in [-0.25, -0.2) is 0 Å². The van der Waals surface area contributed by atoms with Crippen molar-refractivity contribution in [2.24, 2.45) is 35.5 Å². The Labute approximate surface area is 172 Å². The monoisotopic (exact) mass is 394 g/mol. The van der Waals surface area contributed by atoms with Crippen molar-refractivity contribution in [3.8, 4) is 0 Å². The van der Waals surface area contributed by atoms with Crippen LogP contribution in [0.25, 0.3) is 0 Å². The highest BCUT2D eigenvalue weighted by Gasteiger charge is 2.35. The van der Waals surface area contributed by atoms with Crippen molar-refractivity contribution in [1.29, 1.82) is 0 Å². The molecule has 2 rings (SSSR count). The highest BCUT2D eigenvalue weighted by molar-refractivity contribution is 5.77. The minimum absolute atomic E-state index is 0.00298. The molecule has 0 spiro atoms. The molecule has 4 heteroatoms. The van der Waals surface area contributed by atoms with Crippen molar-refractivity contribution in [3.05, 3.63) is 0 Å². The van der Waals surface area contributed by atoms with E-state index in [-0.39, 0.29) is 37.0 Å². The fourth-order valence-electron chi connectivity index (χ4n) is 5.16. The number of hydrogen-bond acceptors (Lipinski definition) is 4. The van der Waals surface area contributed by atoms with Crippen molar-refractivity contribution >= 4 is 11.9 Å². The number of esters is 2. The fraction of sp³-hybridized carbons (Fsp3) is 0.917. The smallest absolute Gasteiger partial charge is 0.306 e. The van der Waals surface area contributed by atoms with Crippen LogP contribution in [-0.2, 0) is 19.1 Å². The predicted octanol–water partition coefficient (Wildman–Crippen LogP) is 5.77. The largest absolute Gasteiger partial charge is 0.462 e. The maximum absolute atomic E-state index is 12.4. The predicted molar refractivity (Wildman–Crippen MR) is 112 cm³/mol. The zero-order valence-corrected chi connectivity index (χ0v) is 18.9. The molecule has 0 N–H and O–H groups in total. The van der Waals surface area contributed by atoms with E-state index >= 15 is 0 Å². The Morgan fingerprint density at radius 2 is 1.07 bits per heavy atom. The van der Waals surface area contributed by atoms with E-state index in [1.165, 1.54) is 12.8 Å². The molecule has 0 aromatic heterocycles. The van der Waals surface area contributed by atoms with Gasteiger partial charge in [0.15, 0.2) is 0 Å². The number of carbonyl (C=O) groups excluding carboxylic acids is 2. The van der Waals surface area contributed by atoms with Crippen molar-refractivity contribution in [2.45, 2.75) is 105 Å². The van der Waals surface area contributed by atoms with E-state index in [4.69, 9.17) is 9.47 Å². The summed E-state index contributed by atoms with van der Waals surface area (Å²) in [6.45, 7) is 13.3. The lowest BCUT2D eigenvalue weighted by atomic mass is 9.75. The maximum Gasteiger partial charge on any atom is 0.306 e. The van der Waals surface area contributed by atoms with E-state index in [1.54, 1.807) is 0 Å². The van der Waals surface area contributed by atoms with Crippen LogP contribution < -0.4 is 0 Å². The molecule has 2 aliphatic rings. The number of rotatable bonds is 7. The van der Waals surface area contributed by atoms with Crippen molar-refractivity contribution < 1.29 is 19.1 Å². The van der Waals surface area contributed by atoms with E-state index < -0.39 is 0 Å². The molecule has 0 amide bonds. The maximum atomic E-state index is 12.4. The Hall–Kier alpha value is -1.06. The molecule has 28 heavy (non-hydrogen) atoms. The average molecular weight is 395 g/mol. The first-order valence-corrected chi connectivity index (χ1v) is 11.6. The minimum atomic E-state index is -0.251. The molecule has 2 aliphatic carbocycles. The van der Waals surface area contributed by atoms with E-state index in [0.29, 0.717) is 35.5 Å². The van der Waals surface area contributed by atoms with Crippen molar-refractivity contribution in [3.63, 3.8) is 0 Å². The van der Waals surface area contributed by atoms with Crippen molar-refractivity contribution in [2.75, 3.05) is 0 Å². The summed E-state index contributed by atoms with van der Waals surface area (Å²) in [6, 6.07) is 0. The Morgan fingerprint density at radius 3 is 1.39 bits per heavy atom. The van der Waals surface area contributed by atoms with E-state index in [9.17, 15) is 9.59 Å². The molecule has 2 saturated carbocycles. The van der Waals surface area contributed by atoms with Gasteiger partial charge >= 0.3 is 11.9 Å². The second-order valence-electron chi connectivity index (χ2n) is 10.2. The van der Waals surface area contributed by atoms with Gasteiger partial charge in [0.1, 0.15) is 12.2 Å². The molecule has 4 nitrogen and oxygen atoms in total. The molecular formula is C24H42O4. The van der Waals surface area contributed by atoms with Crippen LogP contribution in [0.1, 0.15) is 92.9 Å². The lowest BCUT2D eigenvalue weighted by molar-refractivity contribution is -0.163. The van der Waals surface area contributed by atoms with Crippen LogP contribution in [0.3, 0.4) is 0 Å². The topological polar surface area (TPSA) is 52.6 Å². The third-order valence-corrected chi connectivity index (χ3v) is 7.02. The molecule has 0 aromatic carbocycles. The van der Waals surface area contributed by atoms with Gasteiger partial charge in [-0.3, -0.25) is 9.59 Å². The standard InChI is InChI=1S/C24H42O4/c1-15(2)19-9-7-17(5)13-21(19)27-23(25)11-12-24(26)28-22-14-18(6)8-10-20(22)16(3)4/h15-22H,7-14H2,1-6H3/t17-,18+,19-,20-,21-,22+/m1/s1. The molecule has 162 valence electrons. The Balaban J connectivity index is 1.80. The molecule has 6 atom stereocenters. The molecule has 0 unspecified atom stereocenters. The first-order chi connectivity index (χ1) is 13.2. The van der Waals surface area contributed by atoms with E-state index in [1.807, 2.05) is 0 Å². The molecular weight excluding hydrogens is 352 g/mol. The van der Waals surface area contributed by atoms with Gasteiger partial charge in [0.05, 0.1) is 12.8 Å². The highest BCUT2D eigenvalue weighted by Crippen LogP contribution is 2.36. The van der Waals surface area contributed by atoms with Crippen LogP contribution >= 0.6 is 0 Å². The Kier molecular flexibility index (Phi) is 8.82. The van der Waals surface area contributed by atoms with Gasteiger partial charge in [0.2, 0.25) is 0 Å². The van der Waals surface area contributed by atoms with E-state index in [2.05, 4.69) is 41.5 Å².